The number of halogens is 1. The number of hydrogen-bond donors (Lipinski definition) is 2. The summed E-state index contributed by atoms with van der Waals surface area (Å²) < 4.78 is 0. The van der Waals surface area contributed by atoms with E-state index in [1.165, 1.54) is 0 Å². The van der Waals surface area contributed by atoms with Gasteiger partial charge in [0.25, 0.3) is 0 Å². The highest BCUT2D eigenvalue weighted by molar-refractivity contribution is 9.09. The van der Waals surface area contributed by atoms with Crippen molar-refractivity contribution in [1.29, 1.82) is 0 Å². The molecule has 0 aliphatic rings. The van der Waals surface area contributed by atoms with Gasteiger partial charge in [-0.25, -0.2) is 0 Å². The van der Waals surface area contributed by atoms with E-state index in [9.17, 15) is 10.2 Å². The summed E-state index contributed by atoms with van der Waals surface area (Å²) in [6, 6.07) is 9.39. The van der Waals surface area contributed by atoms with Gasteiger partial charge < -0.3 is 10.2 Å². The summed E-state index contributed by atoms with van der Waals surface area (Å²) in [5, 5.41) is 21.4. The van der Waals surface area contributed by atoms with Crippen molar-refractivity contribution in [2.24, 2.45) is 0 Å². The van der Waals surface area contributed by atoms with Gasteiger partial charge in [0.1, 0.15) is 6.10 Å². The molecule has 0 amide bonds. The molecule has 0 spiro atoms. The molecule has 2 aromatic rings. The van der Waals surface area contributed by atoms with Crippen molar-refractivity contribution in [2.75, 3.05) is 5.33 Å². The maximum Gasteiger partial charge on any atom is 0.105 e. The molecular weight excluding hydrogens is 282 g/mol. The van der Waals surface area contributed by atoms with E-state index >= 15 is 0 Å². The molecule has 17 heavy (non-hydrogen) atoms. The van der Waals surface area contributed by atoms with Crippen LogP contribution in [0.2, 0.25) is 0 Å². The number of aliphatic hydroxyl groups excluding tert-OH is 2. The number of nitrogens with zero attached hydrogens (tertiary/aromatic N) is 1. The molecule has 2 N–H and O–H groups in total. The summed E-state index contributed by atoms with van der Waals surface area (Å²) in [5.74, 6) is 0. The molecule has 1 aromatic heterocycles. The van der Waals surface area contributed by atoms with Crippen LogP contribution in [0.3, 0.4) is 0 Å². The van der Waals surface area contributed by atoms with Crippen LogP contribution in [0.15, 0.2) is 36.5 Å². The van der Waals surface area contributed by atoms with Crippen molar-refractivity contribution in [3.8, 4) is 0 Å². The molecule has 0 radical (unpaired) electrons. The maximum absolute atomic E-state index is 9.98. The Balaban J connectivity index is 2.29. The van der Waals surface area contributed by atoms with Crippen LogP contribution in [-0.4, -0.2) is 26.6 Å². The maximum atomic E-state index is 9.98. The molecule has 2 atom stereocenters. The summed E-state index contributed by atoms with van der Waals surface area (Å²) in [6.07, 6.45) is 0.615. The van der Waals surface area contributed by atoms with Gasteiger partial charge in [-0.2, -0.15) is 0 Å². The minimum absolute atomic E-state index is 0.515. The fourth-order valence-electron chi connectivity index (χ4n) is 1.76. The van der Waals surface area contributed by atoms with Crippen LogP contribution in [-0.2, 0) is 0 Å². The number of alkyl halides is 1. The Morgan fingerprint density at radius 2 is 2.06 bits per heavy atom. The molecule has 1 aromatic carbocycles. The first-order valence-electron chi connectivity index (χ1n) is 5.49. The zero-order valence-electron chi connectivity index (χ0n) is 9.25. The van der Waals surface area contributed by atoms with Crippen LogP contribution in [0, 0.1) is 0 Å². The van der Waals surface area contributed by atoms with E-state index in [2.05, 4.69) is 20.9 Å². The van der Waals surface area contributed by atoms with Gasteiger partial charge in [0, 0.05) is 16.9 Å². The topological polar surface area (TPSA) is 53.4 Å². The van der Waals surface area contributed by atoms with Crippen molar-refractivity contribution < 1.29 is 10.2 Å². The summed E-state index contributed by atoms with van der Waals surface area (Å²) in [5.41, 5.74) is 1.53. The second kappa shape index (κ2) is 5.58. The lowest BCUT2D eigenvalue weighted by atomic mass is 10.0. The molecule has 1 heterocycles. The van der Waals surface area contributed by atoms with E-state index in [0.717, 1.165) is 10.9 Å². The van der Waals surface area contributed by atoms with E-state index in [1.54, 1.807) is 6.20 Å². The van der Waals surface area contributed by atoms with E-state index in [-0.39, 0.29) is 0 Å². The Kier molecular flexibility index (Phi) is 4.10. The average molecular weight is 296 g/mol. The molecule has 0 aliphatic carbocycles. The fraction of sp³-hybridized carbons (Fsp3) is 0.308. The van der Waals surface area contributed by atoms with E-state index in [4.69, 9.17) is 0 Å². The first kappa shape index (κ1) is 12.5. The Bertz CT molecular complexity index is 503. The summed E-state index contributed by atoms with van der Waals surface area (Å²) >= 11 is 3.25. The minimum atomic E-state index is -0.862. The highest BCUT2D eigenvalue weighted by Crippen LogP contribution is 2.22. The lowest BCUT2D eigenvalue weighted by Crippen LogP contribution is -2.18. The molecular formula is C13H14BrNO2. The number of aromatic nitrogens is 1. The minimum Gasteiger partial charge on any atom is -0.390 e. The molecule has 90 valence electrons. The number of benzene rings is 1. The number of aliphatic hydroxyl groups is 2. The Hall–Kier alpha value is -0.970. The molecule has 4 heteroatoms. The second-order valence-electron chi connectivity index (χ2n) is 3.95. The lowest BCUT2D eigenvalue weighted by molar-refractivity contribution is 0.0174. The number of rotatable bonds is 4. The Morgan fingerprint density at radius 3 is 2.82 bits per heavy atom. The molecule has 0 saturated carbocycles. The van der Waals surface area contributed by atoms with Gasteiger partial charge in [-0.05, 0) is 24.1 Å². The molecule has 0 saturated heterocycles. The van der Waals surface area contributed by atoms with Crippen LogP contribution in [0.1, 0.15) is 18.1 Å². The quantitative estimate of drug-likeness (QED) is 0.852. The summed E-state index contributed by atoms with van der Waals surface area (Å²) in [6.45, 7) is 0. The highest BCUT2D eigenvalue weighted by Gasteiger charge is 2.17. The van der Waals surface area contributed by atoms with Gasteiger partial charge in [-0.3, -0.25) is 4.98 Å². The zero-order chi connectivity index (χ0) is 12.3. The predicted molar refractivity (Wildman–Crippen MR) is 71.1 cm³/mol. The normalized spacial score (nSPS) is 14.8. The molecule has 0 fully saturated rings. The zero-order valence-corrected chi connectivity index (χ0v) is 10.8. The van der Waals surface area contributed by atoms with Crippen LogP contribution in [0.5, 0.6) is 0 Å². The SMILES string of the molecule is OC(CCBr)C(O)c1ccc2cccnc2c1. The largest absolute Gasteiger partial charge is 0.390 e. The first-order chi connectivity index (χ1) is 8.22. The lowest BCUT2D eigenvalue weighted by Gasteiger charge is -2.17. The standard InChI is InChI=1S/C13H14BrNO2/c14-6-5-12(16)13(17)10-4-3-9-2-1-7-15-11(9)8-10/h1-4,7-8,12-13,16-17H,5-6H2. The molecule has 0 bridgehead atoms. The van der Waals surface area contributed by atoms with Crippen LogP contribution < -0.4 is 0 Å². The van der Waals surface area contributed by atoms with E-state index in [1.807, 2.05) is 30.3 Å². The van der Waals surface area contributed by atoms with Crippen molar-refractivity contribution in [3.63, 3.8) is 0 Å². The fourth-order valence-corrected chi connectivity index (χ4v) is 2.23. The van der Waals surface area contributed by atoms with E-state index in [0.29, 0.717) is 17.3 Å². The third-order valence-electron chi connectivity index (χ3n) is 2.74. The Morgan fingerprint density at radius 1 is 1.24 bits per heavy atom. The number of pyridine rings is 1. The van der Waals surface area contributed by atoms with Crippen molar-refractivity contribution in [2.45, 2.75) is 18.6 Å². The van der Waals surface area contributed by atoms with Gasteiger partial charge in [0.15, 0.2) is 0 Å². The van der Waals surface area contributed by atoms with Crippen LogP contribution >= 0.6 is 15.9 Å². The van der Waals surface area contributed by atoms with E-state index < -0.39 is 12.2 Å². The monoisotopic (exact) mass is 295 g/mol. The molecule has 0 aliphatic heterocycles. The summed E-state index contributed by atoms with van der Waals surface area (Å²) in [7, 11) is 0. The molecule has 2 unspecified atom stereocenters. The highest BCUT2D eigenvalue weighted by atomic mass is 79.9. The molecule has 2 rings (SSSR count). The predicted octanol–water partition coefficient (Wildman–Crippen LogP) is 2.41. The number of hydrogen-bond acceptors (Lipinski definition) is 3. The third kappa shape index (κ3) is 2.83. The van der Waals surface area contributed by atoms with Crippen LogP contribution in [0.4, 0.5) is 0 Å². The van der Waals surface area contributed by atoms with Crippen molar-refractivity contribution >= 4 is 26.8 Å². The Labute approximate surface area is 108 Å². The first-order valence-corrected chi connectivity index (χ1v) is 6.61. The second-order valence-corrected chi connectivity index (χ2v) is 4.74. The van der Waals surface area contributed by atoms with Gasteiger partial charge in [-0.15, -0.1) is 0 Å². The van der Waals surface area contributed by atoms with Crippen molar-refractivity contribution in [3.05, 3.63) is 42.1 Å². The van der Waals surface area contributed by atoms with Gasteiger partial charge in [0.05, 0.1) is 11.6 Å². The van der Waals surface area contributed by atoms with Gasteiger partial charge in [-0.1, -0.05) is 34.1 Å². The van der Waals surface area contributed by atoms with Gasteiger partial charge >= 0.3 is 0 Å². The third-order valence-corrected chi connectivity index (χ3v) is 3.20. The average Bonchev–Trinajstić information content (AvgIpc) is 2.37. The van der Waals surface area contributed by atoms with Crippen LogP contribution in [0.25, 0.3) is 10.9 Å². The number of fused-ring (bicyclic) bond motifs is 1. The van der Waals surface area contributed by atoms with Gasteiger partial charge in [0.2, 0.25) is 0 Å². The van der Waals surface area contributed by atoms with Crippen molar-refractivity contribution in [1.82, 2.24) is 4.98 Å². The smallest absolute Gasteiger partial charge is 0.105 e. The molecule has 3 nitrogen and oxygen atoms in total. The summed E-state index contributed by atoms with van der Waals surface area (Å²) in [4.78, 5) is 4.23.